The van der Waals surface area contributed by atoms with E-state index in [1.165, 1.54) is 225 Å². The van der Waals surface area contributed by atoms with Crippen molar-refractivity contribution in [1.29, 1.82) is 0 Å². The van der Waals surface area contributed by atoms with Crippen LogP contribution in [-0.4, -0.2) is 37.2 Å². The number of carbonyl (C=O) groups excluding carboxylic acids is 3. The van der Waals surface area contributed by atoms with E-state index < -0.39 is 6.10 Å². The SMILES string of the molecule is CCC/C=C\CCCCCCCC(=O)OCC(COC(=O)CCCCCCCCCCCC/C=C\C/C=C\C/C=C\CCCCCCC)OC(=O)CCCCCCCCCCCCC/C=C\CCCCCCCCCC. The minimum atomic E-state index is -0.779. The van der Waals surface area contributed by atoms with Gasteiger partial charge in [0.05, 0.1) is 0 Å². The van der Waals surface area contributed by atoms with E-state index in [-0.39, 0.29) is 31.1 Å². The van der Waals surface area contributed by atoms with Gasteiger partial charge in [-0.05, 0) is 103 Å². The minimum absolute atomic E-state index is 0.0773. The third-order valence-corrected chi connectivity index (χ3v) is 14.7. The molecule has 0 aliphatic heterocycles. The zero-order valence-corrected chi connectivity index (χ0v) is 50.8. The quantitative estimate of drug-likeness (QED) is 0.0261. The molecule has 1 atom stereocenters. The molecule has 0 saturated carbocycles. The van der Waals surface area contributed by atoms with Gasteiger partial charge >= 0.3 is 17.9 Å². The predicted molar refractivity (Wildman–Crippen MR) is 330 cm³/mol. The van der Waals surface area contributed by atoms with Crippen molar-refractivity contribution in [2.75, 3.05) is 13.2 Å². The molecule has 0 radical (unpaired) electrons. The third-order valence-electron chi connectivity index (χ3n) is 14.7. The molecule has 6 nitrogen and oxygen atoms in total. The molecule has 0 aromatic rings. The standard InChI is InChI=1S/C70H126O6/c1-4-7-10-13-16-19-22-24-26-28-30-32-34-35-37-38-40-42-44-46-48-51-54-57-60-63-69(72)75-66-67(65-74-68(71)62-59-56-53-50-21-18-15-12-9-6-3)76-70(73)64-61-58-55-52-49-47-45-43-41-39-36-33-31-29-27-25-23-20-17-14-11-8-5-2/h12,15,22,24,28-31,34-35,67H,4-11,13-14,16-21,23,25-27,32-33,36-66H2,1-3H3/b15-12-,24-22-,30-28-,31-29-,35-34-. The first-order chi connectivity index (χ1) is 37.5. The summed E-state index contributed by atoms with van der Waals surface area (Å²) in [5.74, 6) is -0.876. The van der Waals surface area contributed by atoms with Gasteiger partial charge < -0.3 is 14.2 Å². The first kappa shape index (κ1) is 73.1. The van der Waals surface area contributed by atoms with E-state index in [0.717, 1.165) is 83.5 Å². The third kappa shape index (κ3) is 62.0. The molecule has 0 N–H and O–H groups in total. The number of allylic oxidation sites excluding steroid dienone is 10. The van der Waals surface area contributed by atoms with Gasteiger partial charge in [0.2, 0.25) is 0 Å². The van der Waals surface area contributed by atoms with Crippen LogP contribution >= 0.6 is 0 Å². The summed E-state index contributed by atoms with van der Waals surface area (Å²) in [5.41, 5.74) is 0. The zero-order chi connectivity index (χ0) is 55.0. The second-order valence-corrected chi connectivity index (χ2v) is 22.4. The summed E-state index contributed by atoms with van der Waals surface area (Å²) in [6.45, 7) is 6.60. The Morgan fingerprint density at radius 2 is 0.500 bits per heavy atom. The van der Waals surface area contributed by atoms with E-state index in [9.17, 15) is 14.4 Å². The summed E-state index contributed by atoms with van der Waals surface area (Å²) in [6, 6.07) is 0. The minimum Gasteiger partial charge on any atom is -0.462 e. The Kier molecular flexibility index (Phi) is 62.2. The number of hydrogen-bond donors (Lipinski definition) is 0. The molecule has 0 aromatic heterocycles. The molecule has 0 heterocycles. The van der Waals surface area contributed by atoms with Crippen molar-refractivity contribution in [2.45, 2.75) is 354 Å². The maximum atomic E-state index is 12.9. The van der Waals surface area contributed by atoms with Crippen LogP contribution in [0.5, 0.6) is 0 Å². The Morgan fingerprint density at radius 1 is 0.263 bits per heavy atom. The van der Waals surface area contributed by atoms with Crippen molar-refractivity contribution in [3.63, 3.8) is 0 Å². The van der Waals surface area contributed by atoms with Crippen LogP contribution in [0.15, 0.2) is 60.8 Å². The van der Waals surface area contributed by atoms with Gasteiger partial charge in [-0.3, -0.25) is 14.4 Å². The molecular weight excluding hydrogens is 937 g/mol. The van der Waals surface area contributed by atoms with Crippen LogP contribution in [0.1, 0.15) is 348 Å². The maximum absolute atomic E-state index is 12.9. The molecule has 76 heavy (non-hydrogen) atoms. The zero-order valence-electron chi connectivity index (χ0n) is 50.8. The second kappa shape index (κ2) is 64.6. The second-order valence-electron chi connectivity index (χ2n) is 22.4. The van der Waals surface area contributed by atoms with Gasteiger partial charge in [0.25, 0.3) is 0 Å². The van der Waals surface area contributed by atoms with Gasteiger partial charge in [-0.15, -0.1) is 0 Å². The summed E-state index contributed by atoms with van der Waals surface area (Å²) in [6.07, 6.45) is 82.4. The number of unbranched alkanes of at least 4 members (excludes halogenated alkanes) is 40. The maximum Gasteiger partial charge on any atom is 0.306 e. The van der Waals surface area contributed by atoms with Gasteiger partial charge in [-0.2, -0.15) is 0 Å². The molecule has 0 rings (SSSR count). The van der Waals surface area contributed by atoms with Crippen LogP contribution in [0, 0.1) is 0 Å². The van der Waals surface area contributed by atoms with Crippen molar-refractivity contribution in [3.8, 4) is 0 Å². The molecule has 0 amide bonds. The summed E-state index contributed by atoms with van der Waals surface area (Å²) < 4.78 is 16.9. The van der Waals surface area contributed by atoms with Crippen molar-refractivity contribution >= 4 is 17.9 Å². The smallest absolute Gasteiger partial charge is 0.306 e. The molecule has 0 saturated heterocycles. The normalized spacial score (nSPS) is 12.4. The van der Waals surface area contributed by atoms with E-state index in [0.29, 0.717) is 19.3 Å². The van der Waals surface area contributed by atoms with Gasteiger partial charge in [0, 0.05) is 19.3 Å². The van der Waals surface area contributed by atoms with Gasteiger partial charge in [-0.25, -0.2) is 0 Å². The van der Waals surface area contributed by atoms with Crippen LogP contribution in [0.2, 0.25) is 0 Å². The fourth-order valence-corrected chi connectivity index (χ4v) is 9.68. The lowest BCUT2D eigenvalue weighted by atomic mass is 10.0. The summed E-state index contributed by atoms with van der Waals surface area (Å²) >= 11 is 0. The molecule has 0 fully saturated rings. The van der Waals surface area contributed by atoms with Crippen LogP contribution in [0.3, 0.4) is 0 Å². The number of rotatable bonds is 61. The van der Waals surface area contributed by atoms with Crippen LogP contribution < -0.4 is 0 Å². The average molecular weight is 1060 g/mol. The first-order valence-corrected chi connectivity index (χ1v) is 33.3. The molecule has 0 aliphatic rings. The number of carbonyl (C=O) groups is 3. The van der Waals surface area contributed by atoms with Crippen molar-refractivity contribution in [1.82, 2.24) is 0 Å². The Bertz CT molecular complexity index is 1360. The topological polar surface area (TPSA) is 78.9 Å². The fourth-order valence-electron chi connectivity index (χ4n) is 9.68. The molecule has 0 bridgehead atoms. The largest absolute Gasteiger partial charge is 0.462 e. The van der Waals surface area contributed by atoms with Gasteiger partial charge in [0.15, 0.2) is 6.10 Å². The predicted octanol–water partition coefficient (Wildman–Crippen LogP) is 22.7. The van der Waals surface area contributed by atoms with E-state index in [1.807, 2.05) is 0 Å². The highest BCUT2D eigenvalue weighted by atomic mass is 16.6. The fraction of sp³-hybridized carbons (Fsp3) is 0.814. The Balaban J connectivity index is 4.22. The molecule has 442 valence electrons. The Hall–Kier alpha value is -2.89. The molecular formula is C70H126O6. The van der Waals surface area contributed by atoms with Crippen LogP contribution in [0.4, 0.5) is 0 Å². The number of hydrogen-bond acceptors (Lipinski definition) is 6. The summed E-state index contributed by atoms with van der Waals surface area (Å²) in [4.78, 5) is 38.3. The highest BCUT2D eigenvalue weighted by Gasteiger charge is 2.19. The van der Waals surface area contributed by atoms with E-state index in [4.69, 9.17) is 14.2 Å². The van der Waals surface area contributed by atoms with E-state index in [2.05, 4.69) is 81.5 Å². The lowest BCUT2D eigenvalue weighted by Gasteiger charge is -2.18. The van der Waals surface area contributed by atoms with Crippen LogP contribution in [0.25, 0.3) is 0 Å². The lowest BCUT2D eigenvalue weighted by Crippen LogP contribution is -2.30. The number of ether oxygens (including phenoxy) is 3. The van der Waals surface area contributed by atoms with Crippen molar-refractivity contribution in [3.05, 3.63) is 60.8 Å². The highest BCUT2D eigenvalue weighted by Crippen LogP contribution is 2.17. The summed E-state index contributed by atoms with van der Waals surface area (Å²) in [5, 5.41) is 0. The van der Waals surface area contributed by atoms with Crippen molar-refractivity contribution in [2.24, 2.45) is 0 Å². The summed E-state index contributed by atoms with van der Waals surface area (Å²) in [7, 11) is 0. The van der Waals surface area contributed by atoms with Crippen LogP contribution in [-0.2, 0) is 28.6 Å². The monoisotopic (exact) mass is 1060 g/mol. The van der Waals surface area contributed by atoms with E-state index in [1.54, 1.807) is 0 Å². The van der Waals surface area contributed by atoms with Gasteiger partial charge in [0.1, 0.15) is 13.2 Å². The lowest BCUT2D eigenvalue weighted by molar-refractivity contribution is -0.167. The molecule has 6 heteroatoms. The molecule has 0 aliphatic carbocycles. The molecule has 0 spiro atoms. The average Bonchev–Trinajstić information content (AvgIpc) is 3.42. The van der Waals surface area contributed by atoms with Gasteiger partial charge in [-0.1, -0.05) is 287 Å². The number of esters is 3. The Morgan fingerprint density at radius 3 is 0.803 bits per heavy atom. The Labute approximate surface area is 472 Å². The molecule has 1 unspecified atom stereocenters. The van der Waals surface area contributed by atoms with Crippen molar-refractivity contribution < 1.29 is 28.6 Å². The molecule has 0 aromatic carbocycles. The van der Waals surface area contributed by atoms with E-state index >= 15 is 0 Å². The first-order valence-electron chi connectivity index (χ1n) is 33.3. The highest BCUT2D eigenvalue weighted by molar-refractivity contribution is 5.71.